The summed E-state index contributed by atoms with van der Waals surface area (Å²) in [4.78, 5) is 14.8. The summed E-state index contributed by atoms with van der Waals surface area (Å²) in [7, 11) is 0. The van der Waals surface area contributed by atoms with Crippen molar-refractivity contribution in [3.8, 4) is 0 Å². The fraction of sp³-hybridized carbons (Fsp3) is 0.143. The van der Waals surface area contributed by atoms with E-state index in [0.29, 0.717) is 4.47 Å². The molecule has 22 heavy (non-hydrogen) atoms. The molecule has 0 spiro atoms. The molecular weight excluding hydrogens is 362 g/mol. The van der Waals surface area contributed by atoms with Crippen LogP contribution in [0.5, 0.6) is 0 Å². The van der Waals surface area contributed by atoms with Crippen LogP contribution in [0, 0.1) is 11.6 Å². The van der Waals surface area contributed by atoms with Crippen molar-refractivity contribution >= 4 is 22.0 Å². The van der Waals surface area contributed by atoms with Gasteiger partial charge in [-0.15, -0.1) is 0 Å². The van der Waals surface area contributed by atoms with Crippen molar-refractivity contribution in [1.29, 1.82) is 0 Å². The summed E-state index contributed by atoms with van der Waals surface area (Å²) in [5.74, 6) is -1.57. The molecule has 2 rings (SSSR count). The normalized spacial score (nSPS) is 13.5. The number of halogens is 3. The minimum Gasteiger partial charge on any atom is -0.465 e. The summed E-state index contributed by atoms with van der Waals surface area (Å²) in [6.07, 6.45) is -0.144. The third-order valence-electron chi connectivity index (χ3n) is 2.96. The number of rotatable bonds is 4. The highest BCUT2D eigenvalue weighted by atomic mass is 79.9. The van der Waals surface area contributed by atoms with Crippen molar-refractivity contribution in [3.63, 3.8) is 0 Å². The van der Waals surface area contributed by atoms with Crippen LogP contribution in [0.15, 0.2) is 41.1 Å². The van der Waals surface area contributed by atoms with Gasteiger partial charge >= 0.3 is 6.09 Å². The molecule has 0 aliphatic carbocycles. The number of aromatic nitrogens is 1. The zero-order valence-corrected chi connectivity index (χ0v) is 12.6. The minimum atomic E-state index is -1.48. The van der Waals surface area contributed by atoms with E-state index in [1.807, 2.05) is 5.32 Å². The summed E-state index contributed by atoms with van der Waals surface area (Å²) in [6.45, 7) is 0. The van der Waals surface area contributed by atoms with Crippen molar-refractivity contribution in [3.05, 3.63) is 63.9 Å². The molecule has 1 aromatic carbocycles. The lowest BCUT2D eigenvalue weighted by atomic mass is 9.96. The molecule has 0 aliphatic heterocycles. The van der Waals surface area contributed by atoms with E-state index >= 15 is 0 Å². The van der Waals surface area contributed by atoms with Crippen LogP contribution in [-0.2, 0) is 0 Å². The molecule has 0 fully saturated rings. The first-order valence-electron chi connectivity index (χ1n) is 6.11. The Hall–Kier alpha value is -2.06. The SMILES string of the molecule is O=C(O)N[C@H](c1cc(F)ccc1F)[C@H](O)c1cncc(Br)c1. The fourth-order valence-electron chi connectivity index (χ4n) is 2.00. The van der Waals surface area contributed by atoms with Crippen LogP contribution in [0.3, 0.4) is 0 Å². The molecular formula is C14H11BrF2N2O3. The third-order valence-corrected chi connectivity index (χ3v) is 3.39. The molecule has 3 N–H and O–H groups in total. The topological polar surface area (TPSA) is 82.5 Å². The number of aliphatic hydroxyl groups excluding tert-OH is 1. The lowest BCUT2D eigenvalue weighted by molar-refractivity contribution is 0.118. The van der Waals surface area contributed by atoms with Crippen LogP contribution in [0.25, 0.3) is 0 Å². The Morgan fingerprint density at radius 1 is 1.27 bits per heavy atom. The first-order chi connectivity index (χ1) is 10.4. The molecule has 1 amide bonds. The van der Waals surface area contributed by atoms with Gasteiger partial charge < -0.3 is 15.5 Å². The standard InChI is InChI=1S/C14H11BrF2N2O3/c15-8-3-7(5-18-6-8)13(20)12(19-14(21)22)10-4-9(16)1-2-11(10)17/h1-6,12-13,19-20H,(H,21,22)/t12-,13-/m1/s1. The number of hydrogen-bond acceptors (Lipinski definition) is 3. The Balaban J connectivity index is 2.45. The van der Waals surface area contributed by atoms with Crippen molar-refractivity contribution in [2.45, 2.75) is 12.1 Å². The van der Waals surface area contributed by atoms with Gasteiger partial charge in [0.2, 0.25) is 0 Å². The minimum absolute atomic E-state index is 0.247. The predicted molar refractivity (Wildman–Crippen MR) is 77.2 cm³/mol. The van der Waals surface area contributed by atoms with E-state index in [1.165, 1.54) is 18.5 Å². The number of nitrogens with zero attached hydrogens (tertiary/aromatic N) is 1. The number of carboxylic acid groups (broad SMARTS) is 1. The Kier molecular flexibility index (Phi) is 5.04. The molecule has 2 aromatic rings. The fourth-order valence-corrected chi connectivity index (χ4v) is 2.38. The van der Waals surface area contributed by atoms with Crippen molar-refractivity contribution < 1.29 is 23.8 Å². The van der Waals surface area contributed by atoms with Gasteiger partial charge in [0.1, 0.15) is 17.7 Å². The lowest BCUT2D eigenvalue weighted by Gasteiger charge is -2.24. The molecule has 1 heterocycles. The highest BCUT2D eigenvalue weighted by molar-refractivity contribution is 9.10. The van der Waals surface area contributed by atoms with E-state index in [1.54, 1.807) is 0 Å². The van der Waals surface area contributed by atoms with Crippen LogP contribution in [0.1, 0.15) is 23.3 Å². The second kappa shape index (κ2) is 6.80. The van der Waals surface area contributed by atoms with E-state index < -0.39 is 29.9 Å². The molecule has 8 heteroatoms. The van der Waals surface area contributed by atoms with Gasteiger partial charge in [-0.05, 0) is 40.2 Å². The predicted octanol–water partition coefficient (Wildman–Crippen LogP) is 3.16. The summed E-state index contributed by atoms with van der Waals surface area (Å²) in [5, 5.41) is 21.2. The number of hydrogen-bond donors (Lipinski definition) is 3. The van der Waals surface area contributed by atoms with Gasteiger partial charge in [-0.25, -0.2) is 13.6 Å². The van der Waals surface area contributed by atoms with Gasteiger partial charge in [-0.1, -0.05) is 0 Å². The Labute approximate surface area is 132 Å². The van der Waals surface area contributed by atoms with Crippen LogP contribution in [0.4, 0.5) is 13.6 Å². The van der Waals surface area contributed by atoms with Gasteiger partial charge in [0.25, 0.3) is 0 Å². The largest absolute Gasteiger partial charge is 0.465 e. The van der Waals surface area contributed by atoms with Crippen LogP contribution in [-0.4, -0.2) is 21.3 Å². The molecule has 0 radical (unpaired) electrons. The number of amides is 1. The number of pyridine rings is 1. The molecule has 5 nitrogen and oxygen atoms in total. The zero-order valence-electron chi connectivity index (χ0n) is 11.0. The maximum absolute atomic E-state index is 13.9. The van der Waals surface area contributed by atoms with E-state index in [4.69, 9.17) is 5.11 Å². The van der Waals surface area contributed by atoms with Crippen LogP contribution < -0.4 is 5.32 Å². The number of benzene rings is 1. The molecule has 1 aromatic heterocycles. The summed E-state index contributed by atoms with van der Waals surface area (Å²) < 4.78 is 27.8. The molecule has 0 saturated carbocycles. The Morgan fingerprint density at radius 3 is 2.64 bits per heavy atom. The highest BCUT2D eigenvalue weighted by Gasteiger charge is 2.28. The van der Waals surface area contributed by atoms with Gasteiger partial charge in [-0.2, -0.15) is 0 Å². The number of aliphatic hydroxyl groups is 1. The molecule has 0 aliphatic rings. The van der Waals surface area contributed by atoms with Crippen LogP contribution in [0.2, 0.25) is 0 Å². The van der Waals surface area contributed by atoms with E-state index in [9.17, 15) is 18.7 Å². The second-order valence-corrected chi connectivity index (χ2v) is 5.39. The molecule has 0 bridgehead atoms. The maximum Gasteiger partial charge on any atom is 0.405 e. The molecule has 2 atom stereocenters. The van der Waals surface area contributed by atoms with Crippen molar-refractivity contribution in [2.24, 2.45) is 0 Å². The zero-order chi connectivity index (χ0) is 16.3. The van der Waals surface area contributed by atoms with Crippen molar-refractivity contribution in [2.75, 3.05) is 0 Å². The average Bonchev–Trinajstić information content (AvgIpc) is 2.46. The Morgan fingerprint density at radius 2 is 2.00 bits per heavy atom. The number of carbonyl (C=O) groups is 1. The monoisotopic (exact) mass is 372 g/mol. The van der Waals surface area contributed by atoms with Gasteiger partial charge in [0.05, 0.1) is 6.04 Å². The smallest absolute Gasteiger partial charge is 0.405 e. The number of nitrogens with one attached hydrogen (secondary N) is 1. The van der Waals surface area contributed by atoms with Crippen LogP contribution >= 0.6 is 15.9 Å². The highest BCUT2D eigenvalue weighted by Crippen LogP contribution is 2.31. The lowest BCUT2D eigenvalue weighted by Crippen LogP contribution is -2.32. The van der Waals surface area contributed by atoms with E-state index in [0.717, 1.165) is 18.2 Å². The third kappa shape index (κ3) is 3.77. The molecule has 0 saturated heterocycles. The van der Waals surface area contributed by atoms with Crippen molar-refractivity contribution in [1.82, 2.24) is 10.3 Å². The summed E-state index contributed by atoms with van der Waals surface area (Å²) in [6, 6.07) is 2.73. The van der Waals surface area contributed by atoms with E-state index in [2.05, 4.69) is 20.9 Å². The Bertz CT molecular complexity index is 700. The maximum atomic E-state index is 13.9. The first kappa shape index (κ1) is 16.3. The summed E-state index contributed by atoms with van der Waals surface area (Å²) >= 11 is 3.17. The van der Waals surface area contributed by atoms with Gasteiger partial charge in [-0.3, -0.25) is 4.98 Å². The van der Waals surface area contributed by atoms with Gasteiger partial charge in [0.15, 0.2) is 0 Å². The first-order valence-corrected chi connectivity index (χ1v) is 6.90. The average molecular weight is 373 g/mol. The molecule has 116 valence electrons. The second-order valence-electron chi connectivity index (χ2n) is 4.47. The molecule has 0 unspecified atom stereocenters. The van der Waals surface area contributed by atoms with E-state index in [-0.39, 0.29) is 11.1 Å². The quantitative estimate of drug-likeness (QED) is 0.769. The van der Waals surface area contributed by atoms with Gasteiger partial charge in [0, 0.05) is 28.0 Å². The summed E-state index contributed by atoms with van der Waals surface area (Å²) in [5.41, 5.74) is -0.0494.